The molecule has 2 aromatic rings. The van der Waals surface area contributed by atoms with Crippen molar-refractivity contribution in [3.05, 3.63) is 64.1 Å². The first-order valence-electron chi connectivity index (χ1n) is 6.99. The number of hydrogen-bond acceptors (Lipinski definition) is 4. The van der Waals surface area contributed by atoms with Gasteiger partial charge in [0.25, 0.3) is 6.02 Å². The highest BCUT2D eigenvalue weighted by atomic mass is 79.9. The number of ether oxygens (including phenoxy) is 2. The fraction of sp³-hybridized carbons (Fsp3) is 0.235. The van der Waals surface area contributed by atoms with Crippen molar-refractivity contribution < 1.29 is 9.47 Å². The van der Waals surface area contributed by atoms with E-state index in [0.717, 1.165) is 21.3 Å². The van der Waals surface area contributed by atoms with Crippen molar-refractivity contribution in [2.24, 2.45) is 10.7 Å². The summed E-state index contributed by atoms with van der Waals surface area (Å²) in [6, 6.07) is 16.1. The van der Waals surface area contributed by atoms with Crippen molar-refractivity contribution in [3.63, 3.8) is 0 Å². The van der Waals surface area contributed by atoms with Crippen LogP contribution in [0.2, 0.25) is 0 Å². The monoisotopic (exact) mass is 360 g/mol. The highest BCUT2D eigenvalue weighted by Crippen LogP contribution is 2.42. The van der Waals surface area contributed by atoms with Crippen LogP contribution in [-0.4, -0.2) is 19.2 Å². The van der Waals surface area contributed by atoms with Crippen molar-refractivity contribution in [2.45, 2.75) is 18.6 Å². The van der Waals surface area contributed by atoms with Crippen LogP contribution in [0.25, 0.3) is 0 Å². The normalized spacial score (nSPS) is 23.8. The largest absolute Gasteiger partial charge is 0.497 e. The predicted octanol–water partition coefficient (Wildman–Crippen LogP) is 3.43. The smallest absolute Gasteiger partial charge is 0.283 e. The molecule has 3 rings (SSSR count). The second-order valence-corrected chi connectivity index (χ2v) is 6.13. The standard InChI is InChI=1S/C17H17BrN2O2/c1-11-17(20-16(19)22-11,13-4-3-5-14(18)10-13)12-6-8-15(21-2)9-7-12/h3-11H,1-2H3,(H2,19,20). The maximum Gasteiger partial charge on any atom is 0.283 e. The molecule has 0 amide bonds. The van der Waals surface area contributed by atoms with Crippen LogP contribution in [0.4, 0.5) is 0 Å². The molecule has 1 aliphatic heterocycles. The Morgan fingerprint density at radius 3 is 2.45 bits per heavy atom. The van der Waals surface area contributed by atoms with Gasteiger partial charge in [-0.05, 0) is 42.3 Å². The molecule has 0 saturated carbocycles. The minimum atomic E-state index is -0.653. The average molecular weight is 361 g/mol. The van der Waals surface area contributed by atoms with Crippen LogP contribution in [0.1, 0.15) is 18.1 Å². The molecule has 0 saturated heterocycles. The Labute approximate surface area is 138 Å². The molecule has 2 unspecified atom stereocenters. The second kappa shape index (κ2) is 5.65. The molecule has 2 aromatic carbocycles. The second-order valence-electron chi connectivity index (χ2n) is 5.22. The first kappa shape index (κ1) is 14.9. The Morgan fingerprint density at radius 1 is 1.18 bits per heavy atom. The Bertz CT molecular complexity index is 715. The van der Waals surface area contributed by atoms with Gasteiger partial charge in [0.2, 0.25) is 0 Å². The van der Waals surface area contributed by atoms with Crippen LogP contribution in [0, 0.1) is 0 Å². The molecular formula is C17H17BrN2O2. The summed E-state index contributed by atoms with van der Waals surface area (Å²) in [5.41, 5.74) is 7.25. The number of hydrogen-bond donors (Lipinski definition) is 1. The Balaban J connectivity index is 2.19. The zero-order chi connectivity index (χ0) is 15.7. The Hall–Kier alpha value is -2.01. The van der Waals surface area contributed by atoms with Crippen LogP contribution in [0.5, 0.6) is 5.75 Å². The van der Waals surface area contributed by atoms with Crippen molar-refractivity contribution >= 4 is 22.0 Å². The van der Waals surface area contributed by atoms with Crippen molar-refractivity contribution in [3.8, 4) is 5.75 Å². The van der Waals surface area contributed by atoms with E-state index in [9.17, 15) is 0 Å². The molecule has 2 atom stereocenters. The lowest BCUT2D eigenvalue weighted by molar-refractivity contribution is 0.174. The van der Waals surface area contributed by atoms with E-state index in [-0.39, 0.29) is 12.1 Å². The predicted molar refractivity (Wildman–Crippen MR) is 90.1 cm³/mol. The van der Waals surface area contributed by atoms with E-state index in [1.807, 2.05) is 55.5 Å². The van der Waals surface area contributed by atoms with Gasteiger partial charge in [0.1, 0.15) is 11.9 Å². The van der Waals surface area contributed by atoms with Gasteiger partial charge in [-0.1, -0.05) is 40.2 Å². The summed E-state index contributed by atoms with van der Waals surface area (Å²) < 4.78 is 11.9. The molecule has 0 spiro atoms. The van der Waals surface area contributed by atoms with Gasteiger partial charge in [0, 0.05) is 4.47 Å². The van der Waals surface area contributed by atoms with Crippen molar-refractivity contribution in [1.29, 1.82) is 0 Å². The van der Waals surface area contributed by atoms with Crippen LogP contribution in [-0.2, 0) is 10.3 Å². The fourth-order valence-electron chi connectivity index (χ4n) is 2.89. The first-order valence-corrected chi connectivity index (χ1v) is 7.78. The number of rotatable bonds is 3. The fourth-order valence-corrected chi connectivity index (χ4v) is 3.29. The zero-order valence-corrected chi connectivity index (χ0v) is 14.0. The third-order valence-corrected chi connectivity index (χ3v) is 4.46. The van der Waals surface area contributed by atoms with Crippen LogP contribution < -0.4 is 10.5 Å². The molecule has 114 valence electrons. The summed E-state index contributed by atoms with van der Waals surface area (Å²) in [4.78, 5) is 4.65. The molecule has 1 aliphatic rings. The third-order valence-electron chi connectivity index (χ3n) is 3.97. The van der Waals surface area contributed by atoms with Gasteiger partial charge in [0.15, 0.2) is 5.54 Å². The Kier molecular flexibility index (Phi) is 3.83. The number of benzene rings is 2. The average Bonchev–Trinajstić information content (AvgIpc) is 2.83. The molecule has 0 radical (unpaired) electrons. The third kappa shape index (κ3) is 2.35. The number of halogens is 1. The van der Waals surface area contributed by atoms with E-state index >= 15 is 0 Å². The quantitative estimate of drug-likeness (QED) is 0.911. The molecule has 4 nitrogen and oxygen atoms in total. The maximum atomic E-state index is 5.86. The summed E-state index contributed by atoms with van der Waals surface area (Å²) >= 11 is 3.52. The molecule has 22 heavy (non-hydrogen) atoms. The molecule has 2 N–H and O–H groups in total. The number of amidine groups is 1. The van der Waals surface area contributed by atoms with E-state index < -0.39 is 5.54 Å². The minimum Gasteiger partial charge on any atom is -0.497 e. The Morgan fingerprint density at radius 2 is 1.91 bits per heavy atom. The van der Waals surface area contributed by atoms with Crippen molar-refractivity contribution in [1.82, 2.24) is 0 Å². The van der Waals surface area contributed by atoms with E-state index in [1.165, 1.54) is 0 Å². The molecule has 0 bridgehead atoms. The highest BCUT2D eigenvalue weighted by molar-refractivity contribution is 9.10. The van der Waals surface area contributed by atoms with Crippen LogP contribution >= 0.6 is 15.9 Å². The summed E-state index contributed by atoms with van der Waals surface area (Å²) in [7, 11) is 1.65. The van der Waals surface area contributed by atoms with E-state index in [2.05, 4.69) is 20.9 Å². The summed E-state index contributed by atoms with van der Waals surface area (Å²) in [6.07, 6.45) is -0.199. The van der Waals surface area contributed by atoms with E-state index in [4.69, 9.17) is 15.2 Å². The van der Waals surface area contributed by atoms with Gasteiger partial charge in [0.05, 0.1) is 7.11 Å². The molecule has 0 aromatic heterocycles. The topological polar surface area (TPSA) is 56.8 Å². The van der Waals surface area contributed by atoms with Crippen LogP contribution in [0.3, 0.4) is 0 Å². The van der Waals surface area contributed by atoms with E-state index in [0.29, 0.717) is 0 Å². The van der Waals surface area contributed by atoms with Gasteiger partial charge >= 0.3 is 0 Å². The van der Waals surface area contributed by atoms with E-state index in [1.54, 1.807) is 7.11 Å². The summed E-state index contributed by atoms with van der Waals surface area (Å²) in [5.74, 6) is 0.802. The summed E-state index contributed by atoms with van der Waals surface area (Å²) in [6.45, 7) is 1.98. The summed E-state index contributed by atoms with van der Waals surface area (Å²) in [5, 5.41) is 0. The minimum absolute atomic E-state index is 0.199. The SMILES string of the molecule is COc1ccc(C2(c3cccc(Br)c3)N=C(N)OC2C)cc1. The maximum absolute atomic E-state index is 5.86. The zero-order valence-electron chi connectivity index (χ0n) is 12.4. The first-order chi connectivity index (χ1) is 10.6. The van der Waals surface area contributed by atoms with Gasteiger partial charge in [-0.15, -0.1) is 0 Å². The van der Waals surface area contributed by atoms with Crippen molar-refractivity contribution in [2.75, 3.05) is 7.11 Å². The van der Waals surface area contributed by atoms with Crippen LogP contribution in [0.15, 0.2) is 58.0 Å². The number of methoxy groups -OCH3 is 1. The molecule has 0 aliphatic carbocycles. The number of nitrogens with two attached hydrogens (primary N) is 1. The lowest BCUT2D eigenvalue weighted by Crippen LogP contribution is -2.34. The lowest BCUT2D eigenvalue weighted by Gasteiger charge is -2.30. The number of nitrogens with zero attached hydrogens (tertiary/aromatic N) is 1. The molecular weight excluding hydrogens is 344 g/mol. The lowest BCUT2D eigenvalue weighted by atomic mass is 9.79. The molecule has 1 heterocycles. The highest BCUT2D eigenvalue weighted by Gasteiger charge is 2.46. The molecule has 0 fully saturated rings. The van der Waals surface area contributed by atoms with Gasteiger partial charge in [-0.25, -0.2) is 4.99 Å². The number of aliphatic imine (C=N–C) groups is 1. The van der Waals surface area contributed by atoms with Gasteiger partial charge in [-0.2, -0.15) is 0 Å². The molecule has 5 heteroatoms. The van der Waals surface area contributed by atoms with Gasteiger partial charge < -0.3 is 15.2 Å². The van der Waals surface area contributed by atoms with Gasteiger partial charge in [-0.3, -0.25) is 0 Å².